The van der Waals surface area contributed by atoms with Crippen LogP contribution in [-0.4, -0.2) is 13.7 Å². The van der Waals surface area contributed by atoms with E-state index in [1.54, 1.807) is 7.11 Å². The van der Waals surface area contributed by atoms with Gasteiger partial charge in [-0.3, -0.25) is 0 Å². The van der Waals surface area contributed by atoms with Crippen LogP contribution in [0.3, 0.4) is 0 Å². The average Bonchev–Trinajstić information content (AvgIpc) is 2.09. The molecular formula is C10H9ClO. The zero-order valence-electron chi connectivity index (χ0n) is 6.80. The van der Waals surface area contributed by atoms with Crippen LogP contribution in [0.2, 0.25) is 5.02 Å². The fourth-order valence-corrected chi connectivity index (χ4v) is 0.949. The first-order valence-electron chi connectivity index (χ1n) is 3.57. The minimum absolute atomic E-state index is 0.436. The molecule has 0 saturated heterocycles. The number of ether oxygens (including phenoxy) is 1. The van der Waals surface area contributed by atoms with Gasteiger partial charge in [0.05, 0.1) is 5.02 Å². The van der Waals surface area contributed by atoms with Gasteiger partial charge in [0.2, 0.25) is 0 Å². The Balaban J connectivity index is 2.77. The van der Waals surface area contributed by atoms with Crippen molar-refractivity contribution >= 4 is 11.6 Å². The molecule has 0 bridgehead atoms. The van der Waals surface area contributed by atoms with Gasteiger partial charge in [-0.15, -0.1) is 0 Å². The monoisotopic (exact) mass is 180 g/mol. The van der Waals surface area contributed by atoms with Crippen LogP contribution in [0, 0.1) is 11.8 Å². The van der Waals surface area contributed by atoms with E-state index in [1.807, 2.05) is 24.3 Å². The van der Waals surface area contributed by atoms with Gasteiger partial charge < -0.3 is 4.74 Å². The summed E-state index contributed by atoms with van der Waals surface area (Å²) in [5, 5.41) is 0.682. The van der Waals surface area contributed by atoms with Crippen LogP contribution in [0.1, 0.15) is 5.56 Å². The van der Waals surface area contributed by atoms with Crippen LogP contribution in [-0.2, 0) is 4.74 Å². The second-order valence-corrected chi connectivity index (χ2v) is 2.62. The van der Waals surface area contributed by atoms with Gasteiger partial charge in [-0.05, 0) is 12.1 Å². The lowest BCUT2D eigenvalue weighted by molar-refractivity contribution is 0.240. The quantitative estimate of drug-likeness (QED) is 0.603. The first-order chi connectivity index (χ1) is 5.84. The summed E-state index contributed by atoms with van der Waals surface area (Å²) < 4.78 is 4.79. The van der Waals surface area contributed by atoms with E-state index in [4.69, 9.17) is 16.3 Å². The van der Waals surface area contributed by atoms with Crippen LogP contribution in [0.5, 0.6) is 0 Å². The van der Waals surface area contributed by atoms with Gasteiger partial charge in [-0.2, -0.15) is 0 Å². The van der Waals surface area contributed by atoms with Crippen molar-refractivity contribution < 1.29 is 4.74 Å². The van der Waals surface area contributed by atoms with Gasteiger partial charge in [0.1, 0.15) is 6.61 Å². The van der Waals surface area contributed by atoms with Crippen molar-refractivity contribution in [2.75, 3.05) is 13.7 Å². The van der Waals surface area contributed by atoms with Crippen LogP contribution in [0.25, 0.3) is 0 Å². The van der Waals surface area contributed by atoms with E-state index < -0.39 is 0 Å². The third-order valence-electron chi connectivity index (χ3n) is 1.31. The molecule has 0 aromatic heterocycles. The Labute approximate surface area is 77.3 Å². The Morgan fingerprint density at radius 2 is 2.17 bits per heavy atom. The van der Waals surface area contributed by atoms with Gasteiger partial charge in [-0.1, -0.05) is 35.6 Å². The summed E-state index contributed by atoms with van der Waals surface area (Å²) in [4.78, 5) is 0. The third-order valence-corrected chi connectivity index (χ3v) is 1.64. The summed E-state index contributed by atoms with van der Waals surface area (Å²) in [6, 6.07) is 7.48. The average molecular weight is 181 g/mol. The van der Waals surface area contributed by atoms with Gasteiger partial charge in [-0.25, -0.2) is 0 Å². The zero-order valence-corrected chi connectivity index (χ0v) is 7.56. The molecule has 0 aliphatic heterocycles. The predicted molar refractivity (Wildman–Crippen MR) is 50.2 cm³/mol. The lowest BCUT2D eigenvalue weighted by Gasteiger charge is -1.92. The van der Waals surface area contributed by atoms with Crippen LogP contribution < -0.4 is 0 Å². The SMILES string of the molecule is COCC#Cc1ccccc1Cl. The molecule has 0 fully saturated rings. The molecule has 62 valence electrons. The summed E-state index contributed by atoms with van der Waals surface area (Å²) in [6.45, 7) is 0.436. The van der Waals surface area contributed by atoms with E-state index in [0.717, 1.165) is 5.56 Å². The highest BCUT2D eigenvalue weighted by atomic mass is 35.5. The van der Waals surface area contributed by atoms with E-state index in [9.17, 15) is 0 Å². The molecule has 0 aliphatic carbocycles. The standard InChI is InChI=1S/C10H9ClO/c1-12-8-4-6-9-5-2-3-7-10(9)11/h2-3,5,7H,8H2,1H3. The molecule has 0 unspecified atom stereocenters. The van der Waals surface area contributed by atoms with E-state index in [2.05, 4.69) is 11.8 Å². The van der Waals surface area contributed by atoms with Gasteiger partial charge in [0.15, 0.2) is 0 Å². The van der Waals surface area contributed by atoms with Crippen LogP contribution in [0.4, 0.5) is 0 Å². The van der Waals surface area contributed by atoms with Crippen LogP contribution >= 0.6 is 11.6 Å². The van der Waals surface area contributed by atoms with Crippen molar-refractivity contribution in [3.05, 3.63) is 34.9 Å². The van der Waals surface area contributed by atoms with Crippen molar-refractivity contribution in [1.29, 1.82) is 0 Å². The predicted octanol–water partition coefficient (Wildman–Crippen LogP) is 2.34. The lowest BCUT2D eigenvalue weighted by atomic mass is 10.2. The maximum atomic E-state index is 5.86. The Morgan fingerprint density at radius 1 is 1.42 bits per heavy atom. The van der Waals surface area contributed by atoms with Crippen molar-refractivity contribution in [3.63, 3.8) is 0 Å². The summed E-state index contributed by atoms with van der Waals surface area (Å²) in [7, 11) is 1.61. The molecule has 1 aromatic carbocycles. The number of benzene rings is 1. The molecule has 12 heavy (non-hydrogen) atoms. The summed E-state index contributed by atoms with van der Waals surface area (Å²) in [6.07, 6.45) is 0. The second kappa shape index (κ2) is 4.82. The molecule has 0 atom stereocenters. The molecule has 0 radical (unpaired) electrons. The largest absolute Gasteiger partial charge is 0.372 e. The Hall–Kier alpha value is -0.970. The summed E-state index contributed by atoms with van der Waals surface area (Å²) >= 11 is 5.86. The van der Waals surface area contributed by atoms with Gasteiger partial charge in [0.25, 0.3) is 0 Å². The fourth-order valence-electron chi connectivity index (χ4n) is 0.766. The molecule has 2 heteroatoms. The molecular weight excluding hydrogens is 172 g/mol. The second-order valence-electron chi connectivity index (χ2n) is 2.21. The molecule has 0 amide bonds. The van der Waals surface area contributed by atoms with Crippen molar-refractivity contribution in [2.45, 2.75) is 0 Å². The van der Waals surface area contributed by atoms with E-state index >= 15 is 0 Å². The Kier molecular flexibility index (Phi) is 3.66. The first-order valence-corrected chi connectivity index (χ1v) is 3.94. The summed E-state index contributed by atoms with van der Waals surface area (Å²) in [5.41, 5.74) is 0.844. The Bertz CT molecular complexity index is 309. The normalized spacial score (nSPS) is 8.83. The number of hydrogen-bond donors (Lipinski definition) is 0. The first kappa shape index (κ1) is 9.12. The number of rotatable bonds is 1. The highest BCUT2D eigenvalue weighted by Gasteiger charge is 1.91. The highest BCUT2D eigenvalue weighted by Crippen LogP contribution is 2.12. The van der Waals surface area contributed by atoms with Gasteiger partial charge >= 0.3 is 0 Å². The third kappa shape index (κ3) is 2.58. The van der Waals surface area contributed by atoms with Crippen molar-refractivity contribution in [3.8, 4) is 11.8 Å². The number of methoxy groups -OCH3 is 1. The topological polar surface area (TPSA) is 9.23 Å². The van der Waals surface area contributed by atoms with Crippen molar-refractivity contribution in [1.82, 2.24) is 0 Å². The molecule has 1 rings (SSSR count). The minimum atomic E-state index is 0.436. The number of hydrogen-bond acceptors (Lipinski definition) is 1. The molecule has 1 nitrogen and oxygen atoms in total. The molecule has 0 heterocycles. The Morgan fingerprint density at radius 3 is 2.83 bits per heavy atom. The van der Waals surface area contributed by atoms with E-state index in [0.29, 0.717) is 11.6 Å². The van der Waals surface area contributed by atoms with E-state index in [1.165, 1.54) is 0 Å². The highest BCUT2D eigenvalue weighted by molar-refractivity contribution is 6.31. The van der Waals surface area contributed by atoms with Gasteiger partial charge in [0, 0.05) is 12.7 Å². The minimum Gasteiger partial charge on any atom is -0.372 e. The molecule has 0 saturated carbocycles. The maximum Gasteiger partial charge on any atom is 0.107 e. The van der Waals surface area contributed by atoms with E-state index in [-0.39, 0.29) is 0 Å². The maximum absolute atomic E-state index is 5.86. The molecule has 0 N–H and O–H groups in total. The lowest BCUT2D eigenvalue weighted by Crippen LogP contribution is -1.82. The van der Waals surface area contributed by atoms with Crippen molar-refractivity contribution in [2.24, 2.45) is 0 Å². The smallest absolute Gasteiger partial charge is 0.107 e. The summed E-state index contributed by atoms with van der Waals surface area (Å²) in [5.74, 6) is 5.74. The zero-order chi connectivity index (χ0) is 8.81. The van der Waals surface area contributed by atoms with Crippen LogP contribution in [0.15, 0.2) is 24.3 Å². The molecule has 0 aliphatic rings. The number of halogens is 1. The fraction of sp³-hybridized carbons (Fsp3) is 0.200. The molecule has 1 aromatic rings. The molecule has 0 spiro atoms.